The van der Waals surface area contributed by atoms with Gasteiger partial charge in [0.25, 0.3) is 5.91 Å². The first kappa shape index (κ1) is 24.0. The van der Waals surface area contributed by atoms with Crippen molar-refractivity contribution in [1.29, 1.82) is 5.26 Å². The van der Waals surface area contributed by atoms with Gasteiger partial charge >= 0.3 is 0 Å². The number of hydrogen-bond donors (Lipinski definition) is 2. The second-order valence-corrected chi connectivity index (χ2v) is 8.37. The molecular weight excluding hydrogens is 473 g/mol. The first-order chi connectivity index (χ1) is 16.7. The number of carbonyl (C=O) groups excluding carboxylic acids is 1. The van der Waals surface area contributed by atoms with E-state index >= 15 is 0 Å². The lowest BCUT2D eigenvalue weighted by molar-refractivity contribution is 0.0829. The van der Waals surface area contributed by atoms with E-state index in [2.05, 4.69) is 16.4 Å². The summed E-state index contributed by atoms with van der Waals surface area (Å²) in [6.45, 7) is -0.250. The summed E-state index contributed by atoms with van der Waals surface area (Å²) in [4.78, 5) is 20.6. The number of nitrogens with zero attached hydrogens (tertiary/aromatic N) is 4. The van der Waals surface area contributed by atoms with Crippen LogP contribution in [0.5, 0.6) is 0 Å². The van der Waals surface area contributed by atoms with Crippen molar-refractivity contribution in [2.24, 2.45) is 0 Å². The van der Waals surface area contributed by atoms with E-state index in [9.17, 15) is 19.6 Å². The summed E-state index contributed by atoms with van der Waals surface area (Å²) in [6.07, 6.45) is 1.38. The number of nitrogens with one attached hydrogen (secondary N) is 1. The molecule has 0 radical (unpaired) electrons. The van der Waals surface area contributed by atoms with Gasteiger partial charge in [0.2, 0.25) is 0 Å². The first-order valence-electron chi connectivity index (χ1n) is 10.5. The predicted octanol–water partition coefficient (Wildman–Crippen LogP) is 5.20. The van der Waals surface area contributed by atoms with Crippen LogP contribution >= 0.6 is 11.6 Å². The second kappa shape index (κ2) is 9.62. The third-order valence-electron chi connectivity index (χ3n) is 5.42. The fourth-order valence-electron chi connectivity index (χ4n) is 3.58. The van der Waals surface area contributed by atoms with Crippen LogP contribution < -0.4 is 10.2 Å². The number of rotatable bonds is 6. The molecule has 8 nitrogen and oxygen atoms in total. The van der Waals surface area contributed by atoms with E-state index in [0.29, 0.717) is 45.2 Å². The van der Waals surface area contributed by atoms with E-state index in [0.717, 1.165) is 0 Å². The minimum absolute atomic E-state index is 0.0757. The Morgan fingerprint density at radius 1 is 1.23 bits per heavy atom. The molecule has 0 bridgehead atoms. The zero-order valence-electron chi connectivity index (χ0n) is 19.1. The predicted molar refractivity (Wildman–Crippen MR) is 132 cm³/mol. The van der Waals surface area contributed by atoms with Gasteiger partial charge in [0.15, 0.2) is 5.88 Å². The van der Waals surface area contributed by atoms with Crippen molar-refractivity contribution in [3.63, 3.8) is 0 Å². The van der Waals surface area contributed by atoms with Crippen molar-refractivity contribution in [2.75, 3.05) is 31.4 Å². The summed E-state index contributed by atoms with van der Waals surface area (Å²) in [6, 6.07) is 13.0. The Morgan fingerprint density at radius 3 is 2.63 bits per heavy atom. The Kier molecular flexibility index (Phi) is 6.60. The van der Waals surface area contributed by atoms with Crippen LogP contribution in [-0.2, 0) is 6.61 Å². The van der Waals surface area contributed by atoms with E-state index in [4.69, 9.17) is 16.0 Å². The summed E-state index contributed by atoms with van der Waals surface area (Å²) in [5.41, 5.74) is 2.34. The number of fused-ring (bicyclic) bond motifs is 1. The van der Waals surface area contributed by atoms with Gasteiger partial charge in [-0.3, -0.25) is 9.78 Å². The number of pyridine rings is 1. The number of amides is 1. The normalized spacial score (nSPS) is 10.8. The molecule has 0 saturated carbocycles. The molecule has 0 aliphatic heterocycles. The molecule has 0 aliphatic rings. The molecule has 2 N–H and O–H groups in total. The lowest BCUT2D eigenvalue weighted by Crippen LogP contribution is -2.23. The SMILES string of the molecule is CN(C)C(=O)c1cc(N(C)c2ccc(CO)o2)cc2c(Nc3ccc(F)c(Cl)c3)c(C#N)cnc12. The average molecular weight is 494 g/mol. The van der Waals surface area contributed by atoms with Crippen LogP contribution in [0.1, 0.15) is 21.7 Å². The zero-order chi connectivity index (χ0) is 25.3. The highest BCUT2D eigenvalue weighted by atomic mass is 35.5. The van der Waals surface area contributed by atoms with Gasteiger partial charge in [-0.15, -0.1) is 0 Å². The van der Waals surface area contributed by atoms with Crippen LogP contribution in [0, 0.1) is 17.1 Å². The topological polar surface area (TPSA) is 106 Å². The molecule has 2 aromatic heterocycles. The van der Waals surface area contributed by atoms with Gasteiger partial charge in [0.05, 0.1) is 27.4 Å². The third kappa shape index (κ3) is 4.62. The minimum atomic E-state index is -0.569. The molecule has 2 heterocycles. The van der Waals surface area contributed by atoms with Crippen LogP contribution in [0.25, 0.3) is 10.9 Å². The molecule has 2 aromatic carbocycles. The minimum Gasteiger partial charge on any atom is -0.443 e. The highest BCUT2D eigenvalue weighted by molar-refractivity contribution is 6.31. The van der Waals surface area contributed by atoms with Crippen molar-refractivity contribution in [3.8, 4) is 6.07 Å². The monoisotopic (exact) mass is 493 g/mol. The standard InChI is InChI=1S/C25H21ClFN5O3/c1-31(2)25(34)19-10-16(32(3)22-7-5-17(13-33)35-22)9-18-23(14(11-28)12-29-24(18)19)30-15-4-6-21(27)20(26)8-15/h4-10,12,33H,13H2,1-3H3,(H,29,30). The Hall–Kier alpha value is -4.13. The molecular formula is C25H21ClFN5O3. The zero-order valence-corrected chi connectivity index (χ0v) is 19.9. The molecule has 1 amide bonds. The van der Waals surface area contributed by atoms with Crippen molar-refractivity contribution < 1.29 is 18.7 Å². The fourth-order valence-corrected chi connectivity index (χ4v) is 3.76. The average Bonchev–Trinajstić information content (AvgIpc) is 3.34. The molecule has 0 atom stereocenters. The van der Waals surface area contributed by atoms with Crippen LogP contribution in [-0.4, -0.2) is 42.0 Å². The Bertz CT molecular complexity index is 1480. The number of halogens is 2. The molecule has 178 valence electrons. The van der Waals surface area contributed by atoms with Gasteiger partial charge in [-0.2, -0.15) is 5.26 Å². The highest BCUT2D eigenvalue weighted by Crippen LogP contribution is 2.36. The quantitative estimate of drug-likeness (QED) is 0.380. The number of furan rings is 1. The summed E-state index contributed by atoms with van der Waals surface area (Å²) in [7, 11) is 5.02. The Balaban J connectivity index is 1.96. The van der Waals surface area contributed by atoms with Crippen LogP contribution in [0.2, 0.25) is 5.02 Å². The number of hydrogen-bond acceptors (Lipinski definition) is 7. The van der Waals surface area contributed by atoms with Crippen molar-refractivity contribution in [1.82, 2.24) is 9.88 Å². The van der Waals surface area contributed by atoms with E-state index in [-0.39, 0.29) is 23.1 Å². The highest BCUT2D eigenvalue weighted by Gasteiger charge is 2.21. The smallest absolute Gasteiger partial charge is 0.255 e. The van der Waals surface area contributed by atoms with E-state index in [1.54, 1.807) is 50.3 Å². The molecule has 0 aliphatic carbocycles. The molecule has 35 heavy (non-hydrogen) atoms. The number of aromatic nitrogens is 1. The third-order valence-corrected chi connectivity index (χ3v) is 5.71. The number of anilines is 4. The van der Waals surface area contributed by atoms with Crippen molar-refractivity contribution >= 4 is 51.4 Å². The molecule has 0 saturated heterocycles. The summed E-state index contributed by atoms with van der Waals surface area (Å²) >= 11 is 5.94. The van der Waals surface area contributed by atoms with E-state index < -0.39 is 5.82 Å². The fraction of sp³-hybridized carbons (Fsp3) is 0.160. The van der Waals surface area contributed by atoms with Gasteiger partial charge in [-0.25, -0.2) is 4.39 Å². The number of benzene rings is 2. The Labute approximate surface area is 205 Å². The van der Waals surface area contributed by atoms with Gasteiger partial charge < -0.3 is 24.6 Å². The Morgan fingerprint density at radius 2 is 2.00 bits per heavy atom. The van der Waals surface area contributed by atoms with E-state index in [1.165, 1.54) is 29.3 Å². The molecule has 0 spiro atoms. The molecule has 0 unspecified atom stereocenters. The van der Waals surface area contributed by atoms with Gasteiger partial charge in [-0.1, -0.05) is 11.6 Å². The molecule has 4 rings (SSSR count). The van der Waals surface area contributed by atoms with Gasteiger partial charge in [0.1, 0.15) is 24.3 Å². The maximum absolute atomic E-state index is 13.7. The largest absolute Gasteiger partial charge is 0.443 e. The summed E-state index contributed by atoms with van der Waals surface area (Å²) < 4.78 is 19.3. The van der Waals surface area contributed by atoms with Crippen molar-refractivity contribution in [2.45, 2.75) is 6.61 Å². The number of carbonyl (C=O) groups is 1. The summed E-state index contributed by atoms with van der Waals surface area (Å²) in [5.74, 6) is -0.0170. The van der Waals surface area contributed by atoms with Gasteiger partial charge in [-0.05, 0) is 36.4 Å². The maximum atomic E-state index is 13.7. The molecule has 4 aromatic rings. The summed E-state index contributed by atoms with van der Waals surface area (Å²) in [5, 5.41) is 22.7. The van der Waals surface area contributed by atoms with Crippen molar-refractivity contribution in [3.05, 3.63) is 76.4 Å². The first-order valence-corrected chi connectivity index (χ1v) is 10.8. The second-order valence-electron chi connectivity index (χ2n) is 7.96. The lowest BCUT2D eigenvalue weighted by Gasteiger charge is -2.21. The number of aliphatic hydroxyl groups is 1. The van der Waals surface area contributed by atoms with E-state index in [1.807, 2.05) is 0 Å². The van der Waals surface area contributed by atoms with Crippen LogP contribution in [0.3, 0.4) is 0 Å². The number of aliphatic hydroxyl groups excluding tert-OH is 1. The van der Waals surface area contributed by atoms with Crippen LogP contribution in [0.15, 0.2) is 53.1 Å². The van der Waals surface area contributed by atoms with Gasteiger partial charge in [0, 0.05) is 50.2 Å². The van der Waals surface area contributed by atoms with Crippen LogP contribution in [0.4, 0.5) is 27.3 Å². The lowest BCUT2D eigenvalue weighted by atomic mass is 10.0. The molecule has 10 heteroatoms. The number of nitriles is 1. The molecule has 0 fully saturated rings. The maximum Gasteiger partial charge on any atom is 0.255 e.